The summed E-state index contributed by atoms with van der Waals surface area (Å²) in [6, 6.07) is 19.9. The zero-order valence-electron chi connectivity index (χ0n) is 16.9. The number of carbonyl (C=O) groups excluding carboxylic acids is 1. The summed E-state index contributed by atoms with van der Waals surface area (Å²) in [6.45, 7) is 6.51. The van der Waals surface area contributed by atoms with E-state index in [0.717, 1.165) is 37.2 Å². The second-order valence-corrected chi connectivity index (χ2v) is 7.75. The van der Waals surface area contributed by atoms with E-state index in [4.69, 9.17) is 4.74 Å². The van der Waals surface area contributed by atoms with Crippen molar-refractivity contribution in [3.8, 4) is 0 Å². The number of hydrogen-bond donors (Lipinski definition) is 1. The molecule has 150 valence electrons. The van der Waals surface area contributed by atoms with Crippen molar-refractivity contribution in [3.63, 3.8) is 0 Å². The molecule has 3 atom stereocenters. The average molecular weight is 382 g/mol. The van der Waals surface area contributed by atoms with E-state index in [9.17, 15) is 9.90 Å². The van der Waals surface area contributed by atoms with Gasteiger partial charge in [0.25, 0.3) is 0 Å². The lowest BCUT2D eigenvalue weighted by Gasteiger charge is -2.46. The fourth-order valence-corrected chi connectivity index (χ4v) is 4.18. The number of esters is 1. The second-order valence-electron chi connectivity index (χ2n) is 7.75. The van der Waals surface area contributed by atoms with Gasteiger partial charge in [-0.25, -0.2) is 0 Å². The highest BCUT2D eigenvalue weighted by Crippen LogP contribution is 2.41. The quantitative estimate of drug-likeness (QED) is 0.727. The molecule has 0 saturated carbocycles. The normalized spacial score (nSPS) is 23.9. The molecule has 4 nitrogen and oxygen atoms in total. The maximum atomic E-state index is 12.2. The van der Waals surface area contributed by atoms with E-state index in [1.165, 1.54) is 0 Å². The fourth-order valence-electron chi connectivity index (χ4n) is 4.18. The molecule has 0 spiro atoms. The maximum absolute atomic E-state index is 12.2. The third-order valence-electron chi connectivity index (χ3n) is 5.88. The number of benzene rings is 2. The Morgan fingerprint density at radius 1 is 1.18 bits per heavy atom. The van der Waals surface area contributed by atoms with Crippen LogP contribution >= 0.6 is 0 Å². The molecule has 1 N–H and O–H groups in total. The van der Waals surface area contributed by atoms with Crippen LogP contribution in [-0.2, 0) is 15.1 Å². The van der Waals surface area contributed by atoms with E-state index in [1.807, 2.05) is 55.5 Å². The van der Waals surface area contributed by atoms with Gasteiger partial charge in [-0.05, 0) is 17.5 Å². The Labute approximate surface area is 168 Å². The van der Waals surface area contributed by atoms with Gasteiger partial charge in [-0.1, -0.05) is 74.5 Å². The van der Waals surface area contributed by atoms with Crippen LogP contribution in [-0.4, -0.2) is 35.6 Å². The van der Waals surface area contributed by atoms with Gasteiger partial charge in [0.05, 0.1) is 6.10 Å². The Morgan fingerprint density at radius 3 is 2.43 bits per heavy atom. The highest BCUT2D eigenvalue weighted by Gasteiger charge is 2.45. The smallest absolute Gasteiger partial charge is 0.306 e. The summed E-state index contributed by atoms with van der Waals surface area (Å²) in [5.74, 6) is 0.0247. The predicted molar refractivity (Wildman–Crippen MR) is 111 cm³/mol. The fraction of sp³-hybridized carbons (Fsp3) is 0.458. The van der Waals surface area contributed by atoms with Crippen LogP contribution in [0.1, 0.15) is 50.3 Å². The van der Waals surface area contributed by atoms with Gasteiger partial charge >= 0.3 is 5.97 Å². The van der Waals surface area contributed by atoms with E-state index >= 15 is 0 Å². The molecule has 1 aliphatic rings. The molecule has 2 aromatic carbocycles. The third-order valence-corrected chi connectivity index (χ3v) is 5.88. The first-order chi connectivity index (χ1) is 13.5. The zero-order valence-corrected chi connectivity index (χ0v) is 16.9. The van der Waals surface area contributed by atoms with Gasteiger partial charge in [0, 0.05) is 38.4 Å². The van der Waals surface area contributed by atoms with E-state index in [0.29, 0.717) is 12.8 Å². The minimum Gasteiger partial charge on any atom is -0.454 e. The van der Waals surface area contributed by atoms with Crippen LogP contribution < -0.4 is 0 Å². The van der Waals surface area contributed by atoms with E-state index in [-0.39, 0.29) is 11.9 Å². The molecule has 28 heavy (non-hydrogen) atoms. The van der Waals surface area contributed by atoms with Crippen molar-refractivity contribution < 1.29 is 14.6 Å². The van der Waals surface area contributed by atoms with Crippen LogP contribution in [0.4, 0.5) is 0 Å². The minimum atomic E-state index is -0.567. The van der Waals surface area contributed by atoms with Gasteiger partial charge in [0.1, 0.15) is 5.60 Å². The van der Waals surface area contributed by atoms with Gasteiger partial charge < -0.3 is 14.7 Å². The molecule has 4 heteroatoms. The van der Waals surface area contributed by atoms with Crippen molar-refractivity contribution in [2.75, 3.05) is 19.6 Å². The average Bonchev–Trinajstić information content (AvgIpc) is 2.75. The zero-order chi connectivity index (χ0) is 20.0. The lowest BCUT2D eigenvalue weighted by Crippen LogP contribution is -2.51. The van der Waals surface area contributed by atoms with E-state index < -0.39 is 11.7 Å². The monoisotopic (exact) mass is 381 g/mol. The van der Waals surface area contributed by atoms with Crippen LogP contribution in [0, 0.1) is 5.92 Å². The van der Waals surface area contributed by atoms with Crippen LogP contribution in [0.3, 0.4) is 0 Å². The largest absolute Gasteiger partial charge is 0.454 e. The van der Waals surface area contributed by atoms with Crippen molar-refractivity contribution in [2.45, 2.75) is 44.8 Å². The number of ether oxygens (including phenoxy) is 1. The van der Waals surface area contributed by atoms with Crippen molar-refractivity contribution in [1.82, 2.24) is 4.90 Å². The number of rotatable bonds is 7. The maximum Gasteiger partial charge on any atom is 0.306 e. The number of aliphatic hydroxyl groups is 1. The first-order valence-electron chi connectivity index (χ1n) is 10.3. The summed E-state index contributed by atoms with van der Waals surface area (Å²) in [6.07, 6.45) is 1.40. The standard InChI is InChI=1S/C24H31NO3/c1-3-23(27)28-24(21-12-8-5-9-13-21)15-17-25(18-19(24)2)16-14-22(26)20-10-6-4-7-11-20/h4-13,19,22,26H,3,14-18H2,1-2H3/t19-,22-,24-/m0/s1. The van der Waals surface area contributed by atoms with Crippen LogP contribution in [0.25, 0.3) is 0 Å². The lowest BCUT2D eigenvalue weighted by molar-refractivity contribution is -0.175. The predicted octanol–water partition coefficient (Wildman–Crippen LogP) is 4.30. The van der Waals surface area contributed by atoms with Crippen LogP contribution in [0.5, 0.6) is 0 Å². The van der Waals surface area contributed by atoms with Gasteiger partial charge in [-0.2, -0.15) is 0 Å². The Morgan fingerprint density at radius 2 is 1.82 bits per heavy atom. The molecule has 0 unspecified atom stereocenters. The Balaban J connectivity index is 1.67. The number of likely N-dealkylation sites (tertiary alicyclic amines) is 1. The van der Waals surface area contributed by atoms with E-state index in [2.05, 4.69) is 24.0 Å². The molecule has 1 fully saturated rings. The molecule has 0 bridgehead atoms. The van der Waals surface area contributed by atoms with Gasteiger partial charge in [0.15, 0.2) is 0 Å². The molecule has 1 saturated heterocycles. The highest BCUT2D eigenvalue weighted by molar-refractivity contribution is 5.69. The van der Waals surface area contributed by atoms with Gasteiger partial charge in [0.2, 0.25) is 0 Å². The molecule has 0 amide bonds. The van der Waals surface area contributed by atoms with E-state index in [1.54, 1.807) is 0 Å². The highest BCUT2D eigenvalue weighted by atomic mass is 16.6. The summed E-state index contributed by atoms with van der Waals surface area (Å²) in [5, 5.41) is 10.5. The number of hydrogen-bond acceptors (Lipinski definition) is 4. The number of aliphatic hydroxyl groups excluding tert-OH is 1. The Hall–Kier alpha value is -2.17. The Kier molecular flexibility index (Phi) is 6.87. The molecule has 0 aromatic heterocycles. The lowest BCUT2D eigenvalue weighted by atomic mass is 9.76. The summed E-state index contributed by atoms with van der Waals surface area (Å²) in [7, 11) is 0. The second kappa shape index (κ2) is 9.35. The molecular formula is C24H31NO3. The molecule has 3 rings (SSSR count). The van der Waals surface area contributed by atoms with Crippen molar-refractivity contribution in [1.29, 1.82) is 0 Å². The minimum absolute atomic E-state index is 0.149. The van der Waals surface area contributed by atoms with Gasteiger partial charge in [-0.15, -0.1) is 0 Å². The Bertz CT molecular complexity index is 749. The van der Waals surface area contributed by atoms with Crippen LogP contribution in [0.15, 0.2) is 60.7 Å². The molecule has 0 aliphatic carbocycles. The first-order valence-corrected chi connectivity index (χ1v) is 10.3. The third kappa shape index (κ3) is 4.62. The number of carbonyl (C=O) groups is 1. The van der Waals surface area contributed by atoms with Crippen molar-refractivity contribution in [2.24, 2.45) is 5.92 Å². The summed E-state index contributed by atoms with van der Waals surface area (Å²) >= 11 is 0. The van der Waals surface area contributed by atoms with Crippen LogP contribution in [0.2, 0.25) is 0 Å². The van der Waals surface area contributed by atoms with Crippen molar-refractivity contribution in [3.05, 3.63) is 71.8 Å². The summed E-state index contributed by atoms with van der Waals surface area (Å²) < 4.78 is 6.05. The molecule has 2 aromatic rings. The van der Waals surface area contributed by atoms with Crippen molar-refractivity contribution >= 4 is 5.97 Å². The van der Waals surface area contributed by atoms with Gasteiger partial charge in [-0.3, -0.25) is 4.79 Å². The molecular weight excluding hydrogens is 350 g/mol. The summed E-state index contributed by atoms with van der Waals surface area (Å²) in [4.78, 5) is 14.6. The molecule has 1 aliphatic heterocycles. The molecule has 0 radical (unpaired) electrons. The molecule has 1 heterocycles. The number of piperidine rings is 1. The number of nitrogens with zero attached hydrogens (tertiary/aromatic N) is 1. The SMILES string of the molecule is CCC(=O)O[C@@]1(c2ccccc2)CCN(CC[C@H](O)c2ccccc2)C[C@@H]1C. The topological polar surface area (TPSA) is 49.8 Å². The summed E-state index contributed by atoms with van der Waals surface area (Å²) in [5.41, 5.74) is 1.47. The first kappa shape index (κ1) is 20.6.